The van der Waals surface area contributed by atoms with Crippen LogP contribution in [0.2, 0.25) is 0 Å². The molecule has 0 saturated carbocycles. The zero-order valence-corrected chi connectivity index (χ0v) is 5.61. The second-order valence-corrected chi connectivity index (χ2v) is 2.03. The van der Waals surface area contributed by atoms with Gasteiger partial charge in [-0.1, -0.05) is 6.92 Å². The average molecular weight is 140 g/mol. The lowest BCUT2D eigenvalue weighted by atomic mass is 10.1. The third-order valence-electron chi connectivity index (χ3n) is 1.48. The Morgan fingerprint density at radius 2 is 2.10 bits per heavy atom. The highest BCUT2D eigenvalue weighted by atomic mass is 16.4. The summed E-state index contributed by atoms with van der Waals surface area (Å²) >= 11 is 0. The van der Waals surface area contributed by atoms with E-state index in [1.54, 1.807) is 6.92 Å². The molecule has 10 heavy (non-hydrogen) atoms. The van der Waals surface area contributed by atoms with E-state index in [2.05, 4.69) is 9.98 Å². The number of carboxylic acid groups (broad SMARTS) is 1. The summed E-state index contributed by atoms with van der Waals surface area (Å²) < 4.78 is 0. The van der Waals surface area contributed by atoms with Crippen LogP contribution in [0.4, 0.5) is 0 Å². The number of nitrogens with zero attached hydrogens (tertiary/aromatic N) is 2. The fourth-order valence-electron chi connectivity index (χ4n) is 0.791. The minimum Gasteiger partial charge on any atom is -0.478 e. The predicted octanol–water partition coefficient (Wildman–Crippen LogP) is 0.332. The van der Waals surface area contributed by atoms with E-state index in [0.717, 1.165) is 0 Å². The normalized spacial score (nSPS) is 19.7. The van der Waals surface area contributed by atoms with Crippen LogP contribution in [0, 0.1) is 0 Å². The molecule has 0 spiro atoms. The van der Waals surface area contributed by atoms with Crippen molar-refractivity contribution in [3.63, 3.8) is 0 Å². The molecular formula is C6H8N2O2. The topological polar surface area (TPSA) is 62.0 Å². The summed E-state index contributed by atoms with van der Waals surface area (Å²) in [6.45, 7) is 1.74. The van der Waals surface area contributed by atoms with Gasteiger partial charge in [-0.05, 0) is 0 Å². The van der Waals surface area contributed by atoms with Crippen LogP contribution >= 0.6 is 0 Å². The van der Waals surface area contributed by atoms with Crippen LogP contribution in [0.1, 0.15) is 13.3 Å². The summed E-state index contributed by atoms with van der Waals surface area (Å²) in [5.74, 6) is -0.986. The van der Waals surface area contributed by atoms with Crippen molar-refractivity contribution in [2.75, 3.05) is 0 Å². The number of rotatable bonds is 2. The highest BCUT2D eigenvalue weighted by Crippen LogP contribution is 2.19. The Labute approximate surface area is 58.3 Å². The van der Waals surface area contributed by atoms with E-state index in [0.29, 0.717) is 6.42 Å². The monoisotopic (exact) mass is 140 g/mol. The first kappa shape index (κ1) is 6.92. The van der Waals surface area contributed by atoms with Gasteiger partial charge >= 0.3 is 5.97 Å². The lowest BCUT2D eigenvalue weighted by Gasteiger charge is -2.13. The summed E-state index contributed by atoms with van der Waals surface area (Å²) in [4.78, 5) is 18.0. The van der Waals surface area contributed by atoms with Crippen molar-refractivity contribution < 1.29 is 9.90 Å². The van der Waals surface area contributed by atoms with Gasteiger partial charge in [0.15, 0.2) is 0 Å². The molecule has 0 atom stereocenters. The molecule has 0 aromatic carbocycles. The lowest BCUT2D eigenvalue weighted by molar-refractivity contribution is -0.142. The summed E-state index contributed by atoms with van der Waals surface area (Å²) in [6.07, 6.45) is 3.23. The number of hydrogen-bond donors (Lipinski definition) is 1. The molecule has 0 radical (unpaired) electrons. The zero-order chi connectivity index (χ0) is 7.61. The van der Waals surface area contributed by atoms with Crippen molar-refractivity contribution in [1.82, 2.24) is 0 Å². The van der Waals surface area contributed by atoms with Crippen LogP contribution in [0.15, 0.2) is 9.98 Å². The first-order valence-electron chi connectivity index (χ1n) is 3.04. The molecule has 0 fully saturated rings. The Morgan fingerprint density at radius 3 is 2.30 bits per heavy atom. The van der Waals surface area contributed by atoms with Crippen molar-refractivity contribution in [2.45, 2.75) is 19.0 Å². The molecule has 0 bridgehead atoms. The van der Waals surface area contributed by atoms with E-state index in [4.69, 9.17) is 5.11 Å². The standard InChI is InChI=1S/C6H8N2O2/c1-2-6(5(9)10)7-3-4-8-6/h3-4H,2H2,1H3,(H,9,10). The lowest BCUT2D eigenvalue weighted by Crippen LogP contribution is -2.31. The van der Waals surface area contributed by atoms with Gasteiger partial charge in [-0.25, -0.2) is 4.79 Å². The zero-order valence-electron chi connectivity index (χ0n) is 5.61. The van der Waals surface area contributed by atoms with E-state index in [9.17, 15) is 4.79 Å². The van der Waals surface area contributed by atoms with Crippen molar-refractivity contribution in [1.29, 1.82) is 0 Å². The minimum absolute atomic E-state index is 0.398. The Hall–Kier alpha value is -1.19. The number of carboxylic acids is 1. The first-order chi connectivity index (χ1) is 4.71. The van der Waals surface area contributed by atoms with Gasteiger partial charge in [-0.3, -0.25) is 9.98 Å². The number of aliphatic imine (C=N–C) groups is 2. The van der Waals surface area contributed by atoms with E-state index in [1.165, 1.54) is 12.4 Å². The number of hydrogen-bond acceptors (Lipinski definition) is 3. The molecule has 0 unspecified atom stereocenters. The third-order valence-corrected chi connectivity index (χ3v) is 1.48. The van der Waals surface area contributed by atoms with Gasteiger partial charge in [-0.15, -0.1) is 0 Å². The van der Waals surface area contributed by atoms with Crippen LogP contribution < -0.4 is 0 Å². The quantitative estimate of drug-likeness (QED) is 0.600. The van der Waals surface area contributed by atoms with Gasteiger partial charge in [0.25, 0.3) is 0 Å². The van der Waals surface area contributed by atoms with Crippen molar-refractivity contribution >= 4 is 18.4 Å². The minimum atomic E-state index is -1.21. The maximum absolute atomic E-state index is 10.5. The Kier molecular flexibility index (Phi) is 1.53. The van der Waals surface area contributed by atoms with Gasteiger partial charge in [0.1, 0.15) is 0 Å². The molecule has 1 heterocycles. The molecule has 0 aromatic heterocycles. The Morgan fingerprint density at radius 1 is 1.60 bits per heavy atom. The molecular weight excluding hydrogens is 132 g/mol. The molecule has 1 N–H and O–H groups in total. The maximum Gasteiger partial charge on any atom is 0.354 e. The van der Waals surface area contributed by atoms with E-state index in [1.807, 2.05) is 0 Å². The Balaban J connectivity index is 2.90. The molecule has 4 nitrogen and oxygen atoms in total. The van der Waals surface area contributed by atoms with E-state index in [-0.39, 0.29) is 0 Å². The molecule has 1 rings (SSSR count). The first-order valence-corrected chi connectivity index (χ1v) is 3.04. The third kappa shape index (κ3) is 0.814. The van der Waals surface area contributed by atoms with Crippen LogP contribution in [0.25, 0.3) is 0 Å². The van der Waals surface area contributed by atoms with Gasteiger partial charge in [0.05, 0.1) is 0 Å². The summed E-state index contributed by atoms with van der Waals surface area (Å²) in [6, 6.07) is 0. The van der Waals surface area contributed by atoms with Gasteiger partial charge in [0.2, 0.25) is 5.66 Å². The second-order valence-electron chi connectivity index (χ2n) is 2.03. The molecule has 0 aromatic rings. The molecule has 54 valence electrons. The second kappa shape index (κ2) is 2.21. The fraction of sp³-hybridized carbons (Fsp3) is 0.500. The summed E-state index contributed by atoms with van der Waals surface area (Å²) in [5.41, 5.74) is -1.21. The molecule has 4 heteroatoms. The van der Waals surface area contributed by atoms with Crippen molar-refractivity contribution in [2.24, 2.45) is 9.98 Å². The van der Waals surface area contributed by atoms with Crippen LogP contribution in [-0.4, -0.2) is 29.2 Å². The van der Waals surface area contributed by atoms with E-state index < -0.39 is 11.6 Å². The van der Waals surface area contributed by atoms with Crippen molar-refractivity contribution in [3.05, 3.63) is 0 Å². The number of carbonyl (C=O) groups is 1. The molecule has 0 amide bonds. The predicted molar refractivity (Wildman–Crippen MR) is 37.6 cm³/mol. The largest absolute Gasteiger partial charge is 0.478 e. The number of aliphatic carboxylic acids is 1. The maximum atomic E-state index is 10.5. The smallest absolute Gasteiger partial charge is 0.354 e. The van der Waals surface area contributed by atoms with Crippen LogP contribution in [0.3, 0.4) is 0 Å². The Bertz CT molecular complexity index is 196. The highest BCUT2D eigenvalue weighted by Gasteiger charge is 2.36. The fourth-order valence-corrected chi connectivity index (χ4v) is 0.791. The summed E-state index contributed by atoms with van der Waals surface area (Å²) in [7, 11) is 0. The van der Waals surface area contributed by atoms with Crippen LogP contribution in [-0.2, 0) is 4.79 Å². The SMILES string of the molecule is CCC1(C(=O)O)N=CC=N1. The van der Waals surface area contributed by atoms with Crippen LogP contribution in [0.5, 0.6) is 0 Å². The van der Waals surface area contributed by atoms with Crippen molar-refractivity contribution in [3.8, 4) is 0 Å². The molecule has 1 aliphatic heterocycles. The summed E-state index contributed by atoms with van der Waals surface area (Å²) in [5, 5.41) is 8.64. The highest BCUT2D eigenvalue weighted by molar-refractivity contribution is 6.19. The molecule has 0 saturated heterocycles. The molecule has 0 aliphatic carbocycles. The van der Waals surface area contributed by atoms with Gasteiger partial charge in [-0.2, -0.15) is 0 Å². The molecule has 1 aliphatic rings. The average Bonchev–Trinajstić information content (AvgIpc) is 2.35. The van der Waals surface area contributed by atoms with Gasteiger partial charge < -0.3 is 5.11 Å². The van der Waals surface area contributed by atoms with E-state index >= 15 is 0 Å². The van der Waals surface area contributed by atoms with Gasteiger partial charge in [0, 0.05) is 18.9 Å².